The molecule has 1 atom stereocenters. The van der Waals surface area contributed by atoms with E-state index < -0.39 is 12.2 Å². The van der Waals surface area contributed by atoms with Crippen LogP contribution in [0.25, 0.3) is 0 Å². The monoisotopic (exact) mass is 327 g/mol. The van der Waals surface area contributed by atoms with E-state index in [-0.39, 0.29) is 0 Å². The molecule has 1 aliphatic heterocycles. The number of carbonyl (C=O) groups excluding carboxylic acids is 1. The summed E-state index contributed by atoms with van der Waals surface area (Å²) < 4.78 is 16.1. The highest BCUT2D eigenvalue weighted by atomic mass is 16.6. The first-order valence-corrected chi connectivity index (χ1v) is 7.87. The van der Waals surface area contributed by atoms with E-state index in [2.05, 4.69) is 31.3 Å². The zero-order chi connectivity index (χ0) is 17.3. The van der Waals surface area contributed by atoms with Crippen LogP contribution in [-0.2, 0) is 4.74 Å². The van der Waals surface area contributed by atoms with Crippen molar-refractivity contribution < 1.29 is 19.0 Å². The fourth-order valence-corrected chi connectivity index (χ4v) is 2.82. The number of rotatable bonds is 5. The molecule has 5 heteroatoms. The molecule has 0 unspecified atom stereocenters. The maximum Gasteiger partial charge on any atom is 0.344 e. The van der Waals surface area contributed by atoms with E-state index in [4.69, 9.17) is 14.2 Å². The lowest BCUT2D eigenvalue weighted by Crippen LogP contribution is -2.10. The lowest BCUT2D eigenvalue weighted by Gasteiger charge is -2.16. The molecule has 1 heterocycles. The number of hydrogen-bond acceptors (Lipinski definition) is 5. The fraction of sp³-hybridized carbons (Fsp3) is 0.316. The van der Waals surface area contributed by atoms with Crippen molar-refractivity contribution in [2.75, 3.05) is 19.5 Å². The minimum atomic E-state index is -0.544. The molecule has 0 bridgehead atoms. The lowest BCUT2D eigenvalue weighted by molar-refractivity contribution is 0.0435. The van der Waals surface area contributed by atoms with Crippen molar-refractivity contribution >= 4 is 11.7 Å². The first kappa shape index (κ1) is 16.2. The van der Waals surface area contributed by atoms with Crippen LogP contribution < -0.4 is 14.8 Å². The van der Waals surface area contributed by atoms with Crippen LogP contribution in [0.15, 0.2) is 36.4 Å². The maximum atomic E-state index is 12.3. The molecule has 5 nitrogen and oxygen atoms in total. The van der Waals surface area contributed by atoms with Crippen molar-refractivity contribution in [2.45, 2.75) is 26.0 Å². The fourth-order valence-electron chi connectivity index (χ4n) is 2.82. The summed E-state index contributed by atoms with van der Waals surface area (Å²) in [5.74, 6) is 0.965. The van der Waals surface area contributed by atoms with Crippen molar-refractivity contribution in [2.24, 2.45) is 0 Å². The Morgan fingerprint density at radius 1 is 1.04 bits per heavy atom. The highest BCUT2D eigenvalue weighted by Crippen LogP contribution is 2.42. The van der Waals surface area contributed by atoms with Crippen LogP contribution in [0.2, 0.25) is 0 Å². The van der Waals surface area contributed by atoms with Crippen LogP contribution >= 0.6 is 0 Å². The second kappa shape index (κ2) is 6.43. The molecular weight excluding hydrogens is 306 g/mol. The number of carbonyl (C=O) groups is 1. The number of methoxy groups -OCH3 is 2. The van der Waals surface area contributed by atoms with Crippen LogP contribution in [0, 0.1) is 0 Å². The smallest absolute Gasteiger partial charge is 0.344 e. The van der Waals surface area contributed by atoms with Gasteiger partial charge >= 0.3 is 5.97 Å². The lowest BCUT2D eigenvalue weighted by atomic mass is 10.0. The average molecular weight is 327 g/mol. The number of ether oxygens (including phenoxy) is 3. The number of benzene rings is 2. The third-order valence-corrected chi connectivity index (χ3v) is 4.16. The van der Waals surface area contributed by atoms with Crippen LogP contribution in [0.5, 0.6) is 11.5 Å². The molecule has 0 spiro atoms. The van der Waals surface area contributed by atoms with Gasteiger partial charge in [0, 0.05) is 11.3 Å². The van der Waals surface area contributed by atoms with Gasteiger partial charge in [-0.05, 0) is 35.7 Å². The summed E-state index contributed by atoms with van der Waals surface area (Å²) in [6.45, 7) is 4.30. The first-order valence-electron chi connectivity index (χ1n) is 7.87. The largest absolute Gasteiger partial charge is 0.493 e. The molecule has 2 aromatic carbocycles. The van der Waals surface area contributed by atoms with Crippen LogP contribution in [0.1, 0.15) is 47.5 Å². The standard InChI is InChI=1S/C19H21NO4/c1-11(2)12-5-7-13(8-6-12)20-18-14-9-10-15(22-3)17(23-4)16(14)19(21)24-18/h5-11,18,20H,1-4H3/t18-/m1/s1. The topological polar surface area (TPSA) is 56.8 Å². The Morgan fingerprint density at radius 2 is 1.75 bits per heavy atom. The highest BCUT2D eigenvalue weighted by molar-refractivity contribution is 5.98. The van der Waals surface area contributed by atoms with Crippen molar-refractivity contribution in [1.29, 1.82) is 0 Å². The second-order valence-electron chi connectivity index (χ2n) is 5.97. The molecule has 126 valence electrons. The molecular formula is C19H21NO4. The van der Waals surface area contributed by atoms with E-state index in [1.165, 1.54) is 19.8 Å². The predicted octanol–water partition coefficient (Wildman–Crippen LogP) is 4.11. The summed E-state index contributed by atoms with van der Waals surface area (Å²) in [6, 6.07) is 11.7. The van der Waals surface area contributed by atoms with Crippen molar-refractivity contribution in [1.82, 2.24) is 0 Å². The van der Waals surface area contributed by atoms with Gasteiger partial charge in [-0.2, -0.15) is 0 Å². The summed E-state index contributed by atoms with van der Waals surface area (Å²) >= 11 is 0. The Labute approximate surface area is 141 Å². The molecule has 0 saturated heterocycles. The van der Waals surface area contributed by atoms with Crippen molar-refractivity contribution in [3.05, 3.63) is 53.1 Å². The van der Waals surface area contributed by atoms with Gasteiger partial charge in [-0.3, -0.25) is 0 Å². The predicted molar refractivity (Wildman–Crippen MR) is 91.9 cm³/mol. The third kappa shape index (κ3) is 2.77. The van der Waals surface area contributed by atoms with E-state index in [0.29, 0.717) is 23.0 Å². The van der Waals surface area contributed by atoms with Gasteiger partial charge in [-0.15, -0.1) is 0 Å². The maximum absolute atomic E-state index is 12.3. The molecule has 1 aliphatic rings. The zero-order valence-electron chi connectivity index (χ0n) is 14.3. The van der Waals surface area contributed by atoms with Gasteiger partial charge in [0.05, 0.1) is 14.2 Å². The van der Waals surface area contributed by atoms with Gasteiger partial charge in [0.25, 0.3) is 0 Å². The van der Waals surface area contributed by atoms with E-state index in [9.17, 15) is 4.79 Å². The Balaban J connectivity index is 1.89. The first-order chi connectivity index (χ1) is 11.5. The summed E-state index contributed by atoms with van der Waals surface area (Å²) in [6.07, 6.45) is -0.544. The molecule has 0 radical (unpaired) electrons. The third-order valence-electron chi connectivity index (χ3n) is 4.16. The van der Waals surface area contributed by atoms with Gasteiger partial charge in [-0.1, -0.05) is 26.0 Å². The Hall–Kier alpha value is -2.69. The molecule has 0 amide bonds. The zero-order valence-corrected chi connectivity index (χ0v) is 14.3. The summed E-state index contributed by atoms with van der Waals surface area (Å²) in [4.78, 5) is 12.3. The van der Waals surface area contributed by atoms with Gasteiger partial charge in [-0.25, -0.2) is 4.79 Å². The average Bonchev–Trinajstić information content (AvgIpc) is 2.90. The summed E-state index contributed by atoms with van der Waals surface area (Å²) in [5.41, 5.74) is 3.30. The van der Waals surface area contributed by atoms with Crippen molar-refractivity contribution in [3.63, 3.8) is 0 Å². The number of esters is 1. The van der Waals surface area contributed by atoms with Gasteiger partial charge < -0.3 is 19.5 Å². The number of fused-ring (bicyclic) bond motifs is 1. The molecule has 0 aromatic heterocycles. The highest BCUT2D eigenvalue weighted by Gasteiger charge is 2.35. The van der Waals surface area contributed by atoms with Crippen LogP contribution in [0.3, 0.4) is 0 Å². The molecule has 2 aromatic rings. The van der Waals surface area contributed by atoms with Gasteiger partial charge in [0.2, 0.25) is 6.23 Å². The van der Waals surface area contributed by atoms with E-state index in [1.807, 2.05) is 18.2 Å². The van der Waals surface area contributed by atoms with E-state index in [1.54, 1.807) is 6.07 Å². The van der Waals surface area contributed by atoms with Gasteiger partial charge in [0.1, 0.15) is 5.56 Å². The summed E-state index contributed by atoms with van der Waals surface area (Å²) in [5, 5.41) is 3.24. The molecule has 1 N–H and O–H groups in total. The number of anilines is 1. The summed E-state index contributed by atoms with van der Waals surface area (Å²) in [7, 11) is 3.05. The van der Waals surface area contributed by atoms with Crippen LogP contribution in [0.4, 0.5) is 5.69 Å². The minimum absolute atomic E-state index is 0.402. The Bertz CT molecular complexity index is 753. The van der Waals surface area contributed by atoms with Crippen LogP contribution in [-0.4, -0.2) is 20.2 Å². The Kier molecular flexibility index (Phi) is 4.34. The molecule has 0 saturated carbocycles. The Morgan fingerprint density at radius 3 is 2.33 bits per heavy atom. The SMILES string of the molecule is COc1ccc2c(c1OC)C(=O)O[C@H]2Nc1ccc(C(C)C)cc1. The second-order valence-corrected chi connectivity index (χ2v) is 5.97. The number of cyclic esters (lactones) is 1. The van der Waals surface area contributed by atoms with E-state index in [0.717, 1.165) is 11.3 Å². The minimum Gasteiger partial charge on any atom is -0.493 e. The van der Waals surface area contributed by atoms with Crippen molar-refractivity contribution in [3.8, 4) is 11.5 Å². The van der Waals surface area contributed by atoms with E-state index >= 15 is 0 Å². The van der Waals surface area contributed by atoms with Gasteiger partial charge in [0.15, 0.2) is 11.5 Å². The quantitative estimate of drug-likeness (QED) is 0.838. The molecule has 24 heavy (non-hydrogen) atoms. The molecule has 0 aliphatic carbocycles. The molecule has 3 rings (SSSR count). The number of hydrogen-bond donors (Lipinski definition) is 1. The molecule has 0 fully saturated rings. The number of nitrogens with one attached hydrogen (secondary N) is 1. The normalized spacial score (nSPS) is 15.9.